The van der Waals surface area contributed by atoms with Crippen molar-refractivity contribution in [1.82, 2.24) is 10.2 Å². The lowest BCUT2D eigenvalue weighted by atomic mass is 10.1. The molecule has 0 aliphatic carbocycles. The number of methoxy groups -OCH3 is 1. The minimum atomic E-state index is -0.777. The summed E-state index contributed by atoms with van der Waals surface area (Å²) in [5.74, 6) is 1.46. The Kier molecular flexibility index (Phi) is 7.48. The third-order valence-corrected chi connectivity index (χ3v) is 5.13. The fourth-order valence-corrected chi connectivity index (χ4v) is 3.56. The highest BCUT2D eigenvalue weighted by Gasteiger charge is 2.32. The topological polar surface area (TPSA) is 101 Å². The molecule has 1 aliphatic heterocycles. The molecule has 8 nitrogen and oxygen atoms in total. The van der Waals surface area contributed by atoms with Crippen molar-refractivity contribution in [2.24, 2.45) is 0 Å². The van der Waals surface area contributed by atoms with Crippen LogP contribution in [0.1, 0.15) is 35.9 Å². The number of ether oxygens (including phenoxy) is 2. The van der Waals surface area contributed by atoms with Gasteiger partial charge < -0.3 is 24.3 Å². The molecule has 3 rings (SSSR count). The van der Waals surface area contributed by atoms with Gasteiger partial charge in [0.25, 0.3) is 0 Å². The molecule has 2 unspecified atom stereocenters. The second kappa shape index (κ2) is 10.3. The summed E-state index contributed by atoms with van der Waals surface area (Å²) in [7, 11) is 1.50. The maximum absolute atomic E-state index is 12.5. The predicted octanol–water partition coefficient (Wildman–Crippen LogP) is 2.01. The van der Waals surface area contributed by atoms with Gasteiger partial charge in [0, 0.05) is 12.1 Å². The van der Waals surface area contributed by atoms with E-state index < -0.39 is 6.10 Å². The summed E-state index contributed by atoms with van der Waals surface area (Å²) in [6, 6.07) is 8.24. The number of hydrogen-bond acceptors (Lipinski definition) is 7. The highest BCUT2D eigenvalue weighted by atomic mass is 16.5. The molecule has 0 bridgehead atoms. The van der Waals surface area contributed by atoms with Gasteiger partial charge in [-0.2, -0.15) is 0 Å². The molecule has 162 valence electrons. The number of carbonyl (C=O) groups is 2. The number of likely N-dealkylation sites (tertiary alicyclic amines) is 1. The van der Waals surface area contributed by atoms with Crippen LogP contribution in [0.25, 0.3) is 0 Å². The van der Waals surface area contributed by atoms with Gasteiger partial charge in [0.05, 0.1) is 26.0 Å². The molecular formula is C22H28N2O6. The van der Waals surface area contributed by atoms with Crippen LogP contribution >= 0.6 is 0 Å². The van der Waals surface area contributed by atoms with Crippen molar-refractivity contribution >= 4 is 11.7 Å². The Labute approximate surface area is 175 Å². The molecule has 2 N–H and O–H groups in total. The Morgan fingerprint density at radius 3 is 2.87 bits per heavy atom. The highest BCUT2D eigenvalue weighted by molar-refractivity contribution is 5.94. The van der Waals surface area contributed by atoms with Gasteiger partial charge in [0.15, 0.2) is 17.3 Å². The van der Waals surface area contributed by atoms with Crippen LogP contribution in [0.15, 0.2) is 41.0 Å². The summed E-state index contributed by atoms with van der Waals surface area (Å²) in [5, 5.41) is 13.3. The molecule has 1 aliphatic rings. The standard InChI is InChI=1S/C22H28N2O6/c1-15(25)16-7-8-20(21(11-16)28-2)30-14-17(26)13-24-9-3-6-19(24)22(27)23-12-18-5-4-10-29-18/h4-5,7-8,10-11,17,19,26H,3,6,9,12-14H2,1-2H3,(H,23,27). The minimum absolute atomic E-state index is 0.0486. The van der Waals surface area contributed by atoms with Crippen LogP contribution in [0.4, 0.5) is 0 Å². The molecule has 2 heterocycles. The number of furan rings is 1. The van der Waals surface area contributed by atoms with E-state index in [1.165, 1.54) is 14.0 Å². The third-order valence-electron chi connectivity index (χ3n) is 5.13. The molecule has 0 radical (unpaired) electrons. The van der Waals surface area contributed by atoms with E-state index in [-0.39, 0.29) is 24.3 Å². The van der Waals surface area contributed by atoms with Gasteiger partial charge in [-0.25, -0.2) is 0 Å². The predicted molar refractivity (Wildman–Crippen MR) is 110 cm³/mol. The smallest absolute Gasteiger partial charge is 0.237 e. The normalized spacial score (nSPS) is 17.5. The summed E-state index contributed by atoms with van der Waals surface area (Å²) in [6.07, 6.45) is 2.44. The van der Waals surface area contributed by atoms with Crippen molar-refractivity contribution in [3.8, 4) is 11.5 Å². The zero-order valence-corrected chi connectivity index (χ0v) is 17.3. The van der Waals surface area contributed by atoms with E-state index in [0.717, 1.165) is 19.4 Å². The van der Waals surface area contributed by atoms with Crippen molar-refractivity contribution in [2.45, 2.75) is 38.5 Å². The van der Waals surface area contributed by atoms with Gasteiger partial charge in [-0.3, -0.25) is 14.5 Å². The fourth-order valence-electron chi connectivity index (χ4n) is 3.56. The van der Waals surface area contributed by atoms with Crippen LogP contribution < -0.4 is 14.8 Å². The van der Waals surface area contributed by atoms with Crippen molar-refractivity contribution in [2.75, 3.05) is 26.8 Å². The zero-order valence-electron chi connectivity index (χ0n) is 17.3. The third kappa shape index (κ3) is 5.61. The number of rotatable bonds is 10. The van der Waals surface area contributed by atoms with Crippen LogP contribution in [-0.2, 0) is 11.3 Å². The second-order valence-corrected chi connectivity index (χ2v) is 7.34. The van der Waals surface area contributed by atoms with Gasteiger partial charge in [-0.05, 0) is 56.6 Å². The van der Waals surface area contributed by atoms with Crippen LogP contribution in [0.2, 0.25) is 0 Å². The SMILES string of the molecule is COc1cc(C(C)=O)ccc1OCC(O)CN1CCCC1C(=O)NCc1ccco1. The average Bonchev–Trinajstić information content (AvgIpc) is 3.42. The van der Waals surface area contributed by atoms with E-state index >= 15 is 0 Å². The molecule has 0 saturated carbocycles. The van der Waals surface area contributed by atoms with Crippen LogP contribution in [0, 0.1) is 0 Å². The number of nitrogens with zero attached hydrogens (tertiary/aromatic N) is 1. The molecule has 2 aromatic rings. The summed E-state index contributed by atoms with van der Waals surface area (Å²) < 4.78 is 16.2. The van der Waals surface area contributed by atoms with Gasteiger partial charge >= 0.3 is 0 Å². The Balaban J connectivity index is 1.50. The van der Waals surface area contributed by atoms with Crippen LogP contribution in [0.5, 0.6) is 11.5 Å². The Hall–Kier alpha value is -2.84. The summed E-state index contributed by atoms with van der Waals surface area (Å²) in [4.78, 5) is 26.0. The molecule has 1 amide bonds. The molecule has 8 heteroatoms. The summed E-state index contributed by atoms with van der Waals surface area (Å²) >= 11 is 0. The first kappa shape index (κ1) is 21.9. The lowest BCUT2D eigenvalue weighted by molar-refractivity contribution is -0.126. The molecule has 1 aromatic carbocycles. The Bertz CT molecular complexity index is 851. The first-order valence-electron chi connectivity index (χ1n) is 10.0. The molecule has 0 spiro atoms. The maximum atomic E-state index is 12.5. The number of ketones is 1. The molecule has 1 saturated heterocycles. The summed E-state index contributed by atoms with van der Waals surface area (Å²) in [6.45, 7) is 2.94. The van der Waals surface area contributed by atoms with E-state index in [2.05, 4.69) is 5.32 Å². The number of aliphatic hydroxyl groups is 1. The second-order valence-electron chi connectivity index (χ2n) is 7.34. The van der Waals surface area contributed by atoms with Gasteiger partial charge in [-0.15, -0.1) is 0 Å². The fraction of sp³-hybridized carbons (Fsp3) is 0.455. The van der Waals surface area contributed by atoms with E-state index in [1.54, 1.807) is 30.5 Å². The number of β-amino-alcohol motifs (C(OH)–C–C–N with tert-alkyl or cyclic N) is 1. The molecule has 2 atom stereocenters. The lowest BCUT2D eigenvalue weighted by Crippen LogP contribution is -2.46. The van der Waals surface area contributed by atoms with E-state index in [1.807, 2.05) is 11.0 Å². The van der Waals surface area contributed by atoms with Crippen molar-refractivity contribution in [3.05, 3.63) is 47.9 Å². The van der Waals surface area contributed by atoms with Crippen LogP contribution in [0.3, 0.4) is 0 Å². The number of carbonyl (C=O) groups excluding carboxylic acids is 2. The number of hydrogen-bond donors (Lipinski definition) is 2. The monoisotopic (exact) mass is 416 g/mol. The van der Waals surface area contributed by atoms with Gasteiger partial charge in [-0.1, -0.05) is 0 Å². The van der Waals surface area contributed by atoms with Crippen LogP contribution in [-0.4, -0.2) is 60.6 Å². The van der Waals surface area contributed by atoms with Gasteiger partial charge in [0.2, 0.25) is 5.91 Å². The summed E-state index contributed by atoms with van der Waals surface area (Å²) in [5.41, 5.74) is 0.528. The highest BCUT2D eigenvalue weighted by Crippen LogP contribution is 2.28. The van der Waals surface area contributed by atoms with E-state index in [4.69, 9.17) is 13.9 Å². The number of amides is 1. The lowest BCUT2D eigenvalue weighted by Gasteiger charge is -2.26. The quantitative estimate of drug-likeness (QED) is 0.572. The molecule has 30 heavy (non-hydrogen) atoms. The molecular weight excluding hydrogens is 388 g/mol. The zero-order chi connectivity index (χ0) is 21.5. The number of nitrogens with one attached hydrogen (secondary N) is 1. The maximum Gasteiger partial charge on any atom is 0.237 e. The van der Waals surface area contributed by atoms with Crippen molar-refractivity contribution in [3.63, 3.8) is 0 Å². The first-order chi connectivity index (χ1) is 14.5. The Morgan fingerprint density at radius 2 is 2.17 bits per heavy atom. The molecule has 1 fully saturated rings. The number of Topliss-reactive ketones (excluding diaryl/α,β-unsaturated/α-hetero) is 1. The number of benzene rings is 1. The average molecular weight is 416 g/mol. The van der Waals surface area contributed by atoms with E-state index in [9.17, 15) is 14.7 Å². The Morgan fingerprint density at radius 1 is 1.33 bits per heavy atom. The minimum Gasteiger partial charge on any atom is -0.493 e. The first-order valence-corrected chi connectivity index (χ1v) is 10.0. The number of aliphatic hydroxyl groups excluding tert-OH is 1. The van der Waals surface area contributed by atoms with Crippen molar-refractivity contribution < 1.29 is 28.6 Å². The largest absolute Gasteiger partial charge is 0.493 e. The van der Waals surface area contributed by atoms with E-state index in [0.29, 0.717) is 35.9 Å². The van der Waals surface area contributed by atoms with Gasteiger partial charge in [0.1, 0.15) is 18.5 Å². The molecule has 1 aromatic heterocycles. The van der Waals surface area contributed by atoms with Crippen molar-refractivity contribution in [1.29, 1.82) is 0 Å².